The Balaban J connectivity index is 2.21. The summed E-state index contributed by atoms with van der Waals surface area (Å²) in [6.45, 7) is 6.70. The van der Waals surface area contributed by atoms with Gasteiger partial charge in [0.15, 0.2) is 0 Å². The van der Waals surface area contributed by atoms with E-state index in [9.17, 15) is 9.59 Å². The topological polar surface area (TPSA) is 46.2 Å². The lowest BCUT2D eigenvalue weighted by Crippen LogP contribution is -2.53. The van der Waals surface area contributed by atoms with Crippen LogP contribution in [0.3, 0.4) is 0 Å². The minimum atomic E-state index is -0.0629. The number of amides is 2. The Morgan fingerprint density at radius 3 is 2.33 bits per heavy atom. The summed E-state index contributed by atoms with van der Waals surface area (Å²) in [5, 5.41) is 2.53. The number of hydrogen-bond acceptors (Lipinski definition) is 2. The molecular formula is C15H25NO2. The molecule has 0 aromatic rings. The van der Waals surface area contributed by atoms with Gasteiger partial charge in [0.25, 0.3) is 0 Å². The third-order valence-electron chi connectivity index (χ3n) is 5.01. The summed E-state index contributed by atoms with van der Waals surface area (Å²) in [7, 11) is 0. The van der Waals surface area contributed by atoms with Crippen molar-refractivity contribution in [2.45, 2.75) is 65.7 Å². The van der Waals surface area contributed by atoms with E-state index in [-0.39, 0.29) is 23.1 Å². The highest BCUT2D eigenvalue weighted by atomic mass is 16.2. The summed E-state index contributed by atoms with van der Waals surface area (Å²) >= 11 is 0. The van der Waals surface area contributed by atoms with Crippen molar-refractivity contribution < 1.29 is 9.59 Å². The molecule has 0 aromatic carbocycles. The molecule has 2 rings (SSSR count). The van der Waals surface area contributed by atoms with Gasteiger partial charge in [-0.25, -0.2) is 0 Å². The van der Waals surface area contributed by atoms with Crippen molar-refractivity contribution in [2.75, 3.05) is 0 Å². The molecule has 1 aliphatic carbocycles. The van der Waals surface area contributed by atoms with Crippen molar-refractivity contribution in [3.8, 4) is 0 Å². The quantitative estimate of drug-likeness (QED) is 0.767. The van der Waals surface area contributed by atoms with Crippen LogP contribution in [0.25, 0.3) is 0 Å². The molecule has 1 atom stereocenters. The van der Waals surface area contributed by atoms with Crippen LogP contribution in [0.2, 0.25) is 0 Å². The van der Waals surface area contributed by atoms with Crippen molar-refractivity contribution >= 4 is 11.8 Å². The van der Waals surface area contributed by atoms with Crippen LogP contribution in [0.4, 0.5) is 0 Å². The van der Waals surface area contributed by atoms with E-state index in [2.05, 4.69) is 26.1 Å². The second-order valence-electron chi connectivity index (χ2n) is 6.96. The zero-order valence-corrected chi connectivity index (χ0v) is 11.8. The predicted molar refractivity (Wildman–Crippen MR) is 70.8 cm³/mol. The first-order chi connectivity index (χ1) is 8.38. The number of rotatable bonds is 2. The molecule has 0 aromatic heterocycles. The van der Waals surface area contributed by atoms with E-state index < -0.39 is 0 Å². The van der Waals surface area contributed by atoms with Gasteiger partial charge in [-0.1, -0.05) is 27.2 Å². The van der Waals surface area contributed by atoms with Gasteiger partial charge in [-0.2, -0.15) is 0 Å². The summed E-state index contributed by atoms with van der Waals surface area (Å²) in [4.78, 5) is 23.8. The summed E-state index contributed by atoms with van der Waals surface area (Å²) in [6.07, 6.45) is 6.81. The van der Waals surface area contributed by atoms with Crippen LogP contribution in [0.5, 0.6) is 0 Å². The highest BCUT2D eigenvalue weighted by molar-refractivity contribution is 5.99. The predicted octanol–water partition coefficient (Wildman–Crippen LogP) is 3.04. The minimum Gasteiger partial charge on any atom is -0.296 e. The molecule has 3 nitrogen and oxygen atoms in total. The van der Waals surface area contributed by atoms with Gasteiger partial charge >= 0.3 is 0 Å². The van der Waals surface area contributed by atoms with Crippen molar-refractivity contribution in [3.05, 3.63) is 0 Å². The SMILES string of the molecule is CCCC1C(=O)NC(=O)CC12CCC(C)(C)CC2. The van der Waals surface area contributed by atoms with E-state index in [1.165, 1.54) is 0 Å². The maximum Gasteiger partial charge on any atom is 0.230 e. The van der Waals surface area contributed by atoms with E-state index in [1.807, 2.05) is 0 Å². The first kappa shape index (κ1) is 13.6. The lowest BCUT2D eigenvalue weighted by atomic mass is 9.56. The van der Waals surface area contributed by atoms with Gasteiger partial charge in [0.2, 0.25) is 11.8 Å². The molecule has 1 saturated heterocycles. The molecule has 1 unspecified atom stereocenters. The zero-order valence-electron chi connectivity index (χ0n) is 11.8. The molecule has 2 aliphatic rings. The maximum absolute atomic E-state index is 12.1. The van der Waals surface area contributed by atoms with Crippen LogP contribution in [0.1, 0.15) is 65.7 Å². The van der Waals surface area contributed by atoms with Crippen molar-refractivity contribution in [3.63, 3.8) is 0 Å². The van der Waals surface area contributed by atoms with Crippen molar-refractivity contribution in [1.29, 1.82) is 0 Å². The molecule has 2 fully saturated rings. The van der Waals surface area contributed by atoms with E-state index in [4.69, 9.17) is 0 Å². The van der Waals surface area contributed by atoms with Crippen LogP contribution in [-0.2, 0) is 9.59 Å². The number of hydrogen-bond donors (Lipinski definition) is 1. The van der Waals surface area contributed by atoms with Crippen molar-refractivity contribution in [1.82, 2.24) is 5.32 Å². The Bertz CT molecular complexity index is 350. The molecule has 3 heteroatoms. The van der Waals surface area contributed by atoms with Crippen LogP contribution in [0.15, 0.2) is 0 Å². The van der Waals surface area contributed by atoms with E-state index >= 15 is 0 Å². The molecule has 0 bridgehead atoms. The van der Waals surface area contributed by atoms with Gasteiger partial charge in [0.1, 0.15) is 0 Å². The van der Waals surface area contributed by atoms with Gasteiger partial charge in [-0.15, -0.1) is 0 Å². The summed E-state index contributed by atoms with van der Waals surface area (Å²) in [5.74, 6) is -0.0313. The van der Waals surface area contributed by atoms with E-state index in [0.29, 0.717) is 11.8 Å². The van der Waals surface area contributed by atoms with Gasteiger partial charge in [-0.05, 0) is 42.9 Å². The Hall–Kier alpha value is -0.860. The standard InChI is InChI=1S/C15H25NO2/c1-4-5-11-13(18)16-12(17)10-15(11)8-6-14(2,3)7-9-15/h11H,4-10H2,1-3H3,(H,16,17,18). The summed E-state index contributed by atoms with van der Waals surface area (Å²) in [5.41, 5.74) is 0.337. The lowest BCUT2D eigenvalue weighted by molar-refractivity contribution is -0.147. The van der Waals surface area contributed by atoms with Gasteiger partial charge in [-0.3, -0.25) is 14.9 Å². The van der Waals surface area contributed by atoms with Crippen molar-refractivity contribution in [2.24, 2.45) is 16.7 Å². The highest BCUT2D eigenvalue weighted by Gasteiger charge is 2.50. The third kappa shape index (κ3) is 2.45. The lowest BCUT2D eigenvalue weighted by Gasteiger charge is -2.49. The van der Waals surface area contributed by atoms with Gasteiger partial charge in [0.05, 0.1) is 0 Å². The summed E-state index contributed by atoms with van der Waals surface area (Å²) in [6, 6.07) is 0. The molecule has 1 N–H and O–H groups in total. The molecule has 18 heavy (non-hydrogen) atoms. The number of carbonyl (C=O) groups is 2. The fourth-order valence-electron chi connectivity index (χ4n) is 3.67. The normalized spacial score (nSPS) is 30.3. The smallest absolute Gasteiger partial charge is 0.230 e. The monoisotopic (exact) mass is 251 g/mol. The number of imide groups is 1. The molecule has 1 spiro atoms. The molecule has 1 aliphatic heterocycles. The maximum atomic E-state index is 12.1. The first-order valence-electron chi connectivity index (χ1n) is 7.22. The third-order valence-corrected chi connectivity index (χ3v) is 5.01. The van der Waals surface area contributed by atoms with E-state index in [0.717, 1.165) is 38.5 Å². The van der Waals surface area contributed by atoms with Crippen LogP contribution in [-0.4, -0.2) is 11.8 Å². The molecule has 102 valence electrons. The summed E-state index contributed by atoms with van der Waals surface area (Å²) < 4.78 is 0. The Kier molecular flexibility index (Phi) is 3.52. The average Bonchev–Trinajstić information content (AvgIpc) is 2.28. The zero-order chi connectivity index (χ0) is 13.4. The minimum absolute atomic E-state index is 0.0205. The van der Waals surface area contributed by atoms with Crippen LogP contribution in [0, 0.1) is 16.7 Å². The van der Waals surface area contributed by atoms with Gasteiger partial charge in [0, 0.05) is 12.3 Å². The molecular weight excluding hydrogens is 226 g/mol. The fourth-order valence-corrected chi connectivity index (χ4v) is 3.67. The number of piperidine rings is 1. The molecule has 2 amide bonds. The highest BCUT2D eigenvalue weighted by Crippen LogP contribution is 2.53. The van der Waals surface area contributed by atoms with Crippen LogP contribution < -0.4 is 5.32 Å². The Morgan fingerprint density at radius 2 is 1.78 bits per heavy atom. The Labute approximate surface area is 110 Å². The molecule has 0 radical (unpaired) electrons. The first-order valence-corrected chi connectivity index (χ1v) is 7.22. The average molecular weight is 251 g/mol. The van der Waals surface area contributed by atoms with E-state index in [1.54, 1.807) is 0 Å². The number of carbonyl (C=O) groups excluding carboxylic acids is 2. The fraction of sp³-hybridized carbons (Fsp3) is 0.867. The van der Waals surface area contributed by atoms with Gasteiger partial charge < -0.3 is 0 Å². The Morgan fingerprint density at radius 1 is 1.17 bits per heavy atom. The number of nitrogens with one attached hydrogen (secondary N) is 1. The van der Waals surface area contributed by atoms with Crippen LogP contribution >= 0.6 is 0 Å². The second kappa shape index (κ2) is 4.67. The largest absolute Gasteiger partial charge is 0.296 e. The molecule has 1 heterocycles. The second-order valence-corrected chi connectivity index (χ2v) is 6.96. The molecule has 1 saturated carbocycles.